The number of nitrogens with one attached hydrogen (secondary N) is 5. The van der Waals surface area contributed by atoms with Crippen molar-refractivity contribution >= 4 is 59.2 Å². The van der Waals surface area contributed by atoms with E-state index in [2.05, 4.69) is 26.6 Å². The molecule has 2 rings (SSSR count). The van der Waals surface area contributed by atoms with Gasteiger partial charge < -0.3 is 62.1 Å². The highest BCUT2D eigenvalue weighted by Gasteiger charge is 2.43. The molecule has 1 aliphatic heterocycles. The molecule has 0 aliphatic carbocycles. The summed E-state index contributed by atoms with van der Waals surface area (Å²) in [6.07, 6.45) is 0.294. The number of hydrogen-bond donors (Lipinski definition) is 7. The van der Waals surface area contributed by atoms with Gasteiger partial charge in [-0.1, -0.05) is 80.9 Å². The van der Waals surface area contributed by atoms with Gasteiger partial charge in [-0.25, -0.2) is 9.59 Å². The van der Waals surface area contributed by atoms with Crippen molar-refractivity contribution in [1.82, 2.24) is 36.0 Å². The van der Waals surface area contributed by atoms with Gasteiger partial charge in [0.15, 0.2) is 0 Å². The van der Waals surface area contributed by atoms with Gasteiger partial charge in [0.2, 0.25) is 41.4 Å². The Hall–Kier alpha value is -6.03. The van der Waals surface area contributed by atoms with Crippen LogP contribution in [0.15, 0.2) is 24.3 Å². The maximum Gasteiger partial charge on any atom is 0.410 e. The maximum atomic E-state index is 14.6. The van der Waals surface area contributed by atoms with Crippen molar-refractivity contribution in [2.45, 2.75) is 163 Å². The van der Waals surface area contributed by atoms with Crippen LogP contribution < -0.4 is 38.1 Å². The summed E-state index contributed by atoms with van der Waals surface area (Å²) in [7, 11) is 6.08. The largest absolute Gasteiger partial charge is 0.445 e. The van der Waals surface area contributed by atoms with Gasteiger partial charge in [-0.15, -0.1) is 0 Å². The van der Waals surface area contributed by atoms with Crippen molar-refractivity contribution < 1.29 is 57.4 Å². The molecule has 1 aromatic rings. The second kappa shape index (κ2) is 30.2. The fourth-order valence-corrected chi connectivity index (χ4v) is 9.29. The van der Waals surface area contributed by atoms with Crippen LogP contribution in [0.1, 0.15) is 113 Å². The summed E-state index contributed by atoms with van der Waals surface area (Å²) in [5.74, 6) is -5.03. The highest BCUT2D eigenvalue weighted by Crippen LogP contribution is 2.30. The van der Waals surface area contributed by atoms with Gasteiger partial charge in [-0.2, -0.15) is 0 Å². The minimum absolute atomic E-state index is 0.0495. The number of amides is 10. The first-order valence-corrected chi connectivity index (χ1v) is 25.3. The Morgan fingerprint density at radius 1 is 0.781 bits per heavy atom. The van der Waals surface area contributed by atoms with Gasteiger partial charge in [0.05, 0.1) is 36.6 Å². The van der Waals surface area contributed by atoms with Crippen LogP contribution in [0.4, 0.5) is 15.3 Å². The fourth-order valence-electron chi connectivity index (χ4n) is 9.29. The summed E-state index contributed by atoms with van der Waals surface area (Å²) < 4.78 is 17.3. The fraction of sp³-hybridized carbons (Fsp3) is 0.706. The number of rotatable bonds is 29. The van der Waals surface area contributed by atoms with Crippen molar-refractivity contribution in [3.05, 3.63) is 29.8 Å². The molecule has 10 atom stereocenters. The zero-order chi connectivity index (χ0) is 55.4. The second-order valence-corrected chi connectivity index (χ2v) is 20.2. The highest BCUT2D eigenvalue weighted by molar-refractivity contribution is 5.98. The topological polar surface area (TPSA) is 303 Å². The summed E-state index contributed by atoms with van der Waals surface area (Å²) in [5, 5.41) is 13.5. The van der Waals surface area contributed by atoms with Gasteiger partial charge in [0, 0.05) is 54.0 Å². The molecule has 1 fully saturated rings. The van der Waals surface area contributed by atoms with Crippen molar-refractivity contribution in [2.24, 2.45) is 41.1 Å². The lowest BCUT2D eigenvalue weighted by Crippen LogP contribution is -2.60. The summed E-state index contributed by atoms with van der Waals surface area (Å²) in [6, 6.07) is 0.773. The molecular weight excluding hydrogens is 945 g/mol. The van der Waals surface area contributed by atoms with Gasteiger partial charge in [-0.3, -0.25) is 38.5 Å². The molecule has 0 bridgehead atoms. The molecule has 0 aromatic heterocycles. The van der Waals surface area contributed by atoms with Crippen LogP contribution in [-0.2, 0) is 54.4 Å². The molecule has 412 valence electrons. The quantitative estimate of drug-likeness (QED) is 0.0570. The summed E-state index contributed by atoms with van der Waals surface area (Å²) in [5.41, 5.74) is 11.7. The van der Waals surface area contributed by atoms with E-state index in [1.165, 1.54) is 33.1 Å². The number of anilines is 1. The van der Waals surface area contributed by atoms with Crippen LogP contribution >= 0.6 is 0 Å². The predicted octanol–water partition coefficient (Wildman–Crippen LogP) is 2.86. The van der Waals surface area contributed by atoms with E-state index in [0.29, 0.717) is 37.1 Å². The molecular formula is C51H86N10O12. The number of likely N-dealkylation sites (tertiary alicyclic amines) is 1. The van der Waals surface area contributed by atoms with Crippen molar-refractivity contribution in [3.63, 3.8) is 0 Å². The average Bonchev–Trinajstić information content (AvgIpc) is 3.81. The predicted molar refractivity (Wildman–Crippen MR) is 275 cm³/mol. The number of nitrogens with zero attached hydrogens (tertiary/aromatic N) is 3. The van der Waals surface area contributed by atoms with E-state index < -0.39 is 102 Å². The number of carbonyl (C=O) groups is 9. The normalized spacial score (nSPS) is 17.2. The third-order valence-electron chi connectivity index (χ3n) is 13.6. The minimum Gasteiger partial charge on any atom is -0.445 e. The Morgan fingerprint density at radius 3 is 1.90 bits per heavy atom. The summed E-state index contributed by atoms with van der Waals surface area (Å²) in [6.45, 7) is 18.0. The molecule has 9 N–H and O–H groups in total. The Balaban J connectivity index is 2.21. The Kier molecular flexibility index (Phi) is 26.1. The molecule has 1 heterocycles. The van der Waals surface area contributed by atoms with Crippen LogP contribution in [0.5, 0.6) is 0 Å². The average molecular weight is 1030 g/mol. The smallest absolute Gasteiger partial charge is 0.410 e. The van der Waals surface area contributed by atoms with E-state index >= 15 is 0 Å². The lowest BCUT2D eigenvalue weighted by Gasteiger charge is -2.41. The zero-order valence-electron chi connectivity index (χ0n) is 45.6. The van der Waals surface area contributed by atoms with Crippen molar-refractivity contribution in [1.29, 1.82) is 0 Å². The number of nitrogens with two attached hydrogens (primary N) is 2. The van der Waals surface area contributed by atoms with Crippen LogP contribution in [0.25, 0.3) is 0 Å². The number of carbonyl (C=O) groups excluding carboxylic acids is 9. The van der Waals surface area contributed by atoms with Gasteiger partial charge in [-0.05, 0) is 67.1 Å². The van der Waals surface area contributed by atoms with Crippen LogP contribution in [0, 0.1) is 29.6 Å². The van der Waals surface area contributed by atoms with E-state index in [1.807, 2.05) is 13.8 Å². The van der Waals surface area contributed by atoms with E-state index in [0.717, 1.165) is 6.42 Å². The number of benzene rings is 1. The first-order chi connectivity index (χ1) is 34.2. The number of ether oxygens (including phenoxy) is 3. The third-order valence-corrected chi connectivity index (χ3v) is 13.6. The third kappa shape index (κ3) is 18.8. The van der Waals surface area contributed by atoms with E-state index in [1.54, 1.807) is 89.6 Å². The molecule has 1 aromatic carbocycles. The van der Waals surface area contributed by atoms with E-state index in [4.69, 9.17) is 25.7 Å². The summed E-state index contributed by atoms with van der Waals surface area (Å²) >= 11 is 0. The number of likely N-dealkylation sites (N-methyl/N-ethyl adjacent to an activating group) is 2. The lowest BCUT2D eigenvalue weighted by atomic mass is 9.89. The molecule has 22 nitrogen and oxygen atoms in total. The molecule has 0 unspecified atom stereocenters. The molecule has 0 saturated carbocycles. The molecule has 22 heteroatoms. The SMILES string of the molecule is CC[C@H](C)[C@@H]([C@@H](CC(=O)N1CCC[C@H]1[C@H](OC)[C@@H](C)C(N)=O)OC)N(C)C(=O)[C@@H](NC(=O)[C@H](C(C)C)N(C)C(=O)OCc1ccc(NC(=O)[C@H](CCCNC(N)=O)NC(=O)[C@@H](NC(C)=O)C(C)C)cc1)C(C)C. The van der Waals surface area contributed by atoms with Gasteiger partial charge in [0.25, 0.3) is 0 Å². The van der Waals surface area contributed by atoms with Gasteiger partial charge >= 0.3 is 12.1 Å². The standard InChI is InChI=1S/C51H86N10O12/c1-15-31(8)43(38(71-13)26-39(63)61-25-17-19-37(61)44(72-14)32(9)45(52)64)59(11)49(68)41(29(4)5)58-48(67)42(30(6)7)60(12)51(70)73-27-34-20-22-35(23-21-34)56-46(65)36(18-16-24-54-50(53)69)57-47(66)40(28(2)3)55-33(10)62/h20-23,28-32,36-38,40-44H,15-19,24-27H2,1-14H3,(H2,52,64)(H,55,62)(H,56,65)(H,57,66)(H,58,67)(H3,53,54,69)/t31-,32+,36-,37-,38+,40-,41-,42-,43-,44+/m0/s1. The van der Waals surface area contributed by atoms with E-state index in [9.17, 15) is 43.2 Å². The number of primary amides is 2. The molecule has 73 heavy (non-hydrogen) atoms. The molecule has 0 radical (unpaired) electrons. The van der Waals surface area contributed by atoms with Crippen LogP contribution in [0.3, 0.4) is 0 Å². The molecule has 10 amide bonds. The van der Waals surface area contributed by atoms with E-state index in [-0.39, 0.29) is 55.7 Å². The minimum atomic E-state index is -1.05. The van der Waals surface area contributed by atoms with Crippen LogP contribution in [-0.4, -0.2) is 158 Å². The number of methoxy groups -OCH3 is 2. The first kappa shape index (κ1) is 63.1. The summed E-state index contributed by atoms with van der Waals surface area (Å²) in [4.78, 5) is 123. The van der Waals surface area contributed by atoms with Crippen LogP contribution in [0.2, 0.25) is 0 Å². The van der Waals surface area contributed by atoms with Crippen molar-refractivity contribution in [3.8, 4) is 0 Å². The molecule has 1 aliphatic rings. The lowest BCUT2D eigenvalue weighted by molar-refractivity contribution is -0.147. The zero-order valence-corrected chi connectivity index (χ0v) is 45.6. The Labute approximate surface area is 431 Å². The number of urea groups is 1. The van der Waals surface area contributed by atoms with Gasteiger partial charge in [0.1, 0.15) is 30.8 Å². The van der Waals surface area contributed by atoms with Crippen molar-refractivity contribution in [2.75, 3.05) is 46.7 Å². The monoisotopic (exact) mass is 1030 g/mol. The Morgan fingerprint density at radius 2 is 1.40 bits per heavy atom. The Bertz CT molecular complexity index is 2020. The first-order valence-electron chi connectivity index (χ1n) is 25.3. The highest BCUT2D eigenvalue weighted by atomic mass is 16.6. The molecule has 1 saturated heterocycles. The second-order valence-electron chi connectivity index (χ2n) is 20.2. The molecule has 0 spiro atoms. The maximum absolute atomic E-state index is 14.6. The number of hydrogen-bond acceptors (Lipinski definition) is 12.